The molecule has 54 valence electrons. The Morgan fingerprint density at radius 3 is 2.91 bits per heavy atom. The van der Waals surface area contributed by atoms with E-state index < -0.39 is 0 Å². The Kier molecular flexibility index (Phi) is 2.25. The van der Waals surface area contributed by atoms with Crippen molar-refractivity contribution < 1.29 is 0 Å². The third-order valence-corrected chi connectivity index (χ3v) is 1.41. The van der Waals surface area contributed by atoms with Gasteiger partial charge in [-0.05, 0) is 12.1 Å². The zero-order valence-corrected chi connectivity index (χ0v) is 6.47. The maximum absolute atomic E-state index is 8.56. The molecule has 0 aliphatic carbocycles. The average Bonchev–Trinajstić information content (AvgIpc) is 2.04. The molecular weight excluding hydrogens is 160 g/mol. The molecule has 0 N–H and O–H groups in total. The van der Waals surface area contributed by atoms with Crippen LogP contribution in [0.15, 0.2) is 24.9 Å². The molecule has 0 spiro atoms. The lowest BCUT2D eigenvalue weighted by Crippen LogP contribution is -1.87. The van der Waals surface area contributed by atoms with Gasteiger partial charge in [0, 0.05) is 16.8 Å². The molecule has 0 bridgehead atoms. The summed E-state index contributed by atoms with van der Waals surface area (Å²) in [6, 6.07) is 5.34. The van der Waals surface area contributed by atoms with E-state index in [1.807, 2.05) is 6.07 Å². The summed E-state index contributed by atoms with van der Waals surface area (Å²) in [4.78, 5) is 3.81. The van der Waals surface area contributed by atoms with Gasteiger partial charge >= 0.3 is 0 Å². The molecular formula is C8H5ClN2. The highest BCUT2D eigenvalue weighted by Gasteiger charge is 2.02. The highest BCUT2D eigenvalue weighted by atomic mass is 35.5. The largest absolute Gasteiger partial charge is 0.245 e. The van der Waals surface area contributed by atoms with Crippen molar-refractivity contribution in [2.75, 3.05) is 0 Å². The Morgan fingerprint density at radius 2 is 2.45 bits per heavy atom. The van der Waals surface area contributed by atoms with E-state index in [2.05, 4.69) is 11.6 Å². The minimum Gasteiger partial charge on any atom is -0.245 e. The predicted octanol–water partition coefficient (Wildman–Crippen LogP) is 2.16. The molecule has 1 aromatic heterocycles. The number of aromatic nitrogens is 1. The van der Waals surface area contributed by atoms with Gasteiger partial charge in [0.25, 0.3) is 0 Å². The minimum atomic E-state index is 0.313. The van der Waals surface area contributed by atoms with Crippen LogP contribution in [0.4, 0.5) is 0 Å². The normalized spacial score (nSPS) is 8.73. The molecule has 1 heterocycles. The Balaban J connectivity index is 3.26. The maximum atomic E-state index is 8.56. The van der Waals surface area contributed by atoms with Crippen LogP contribution in [0.2, 0.25) is 0 Å². The Morgan fingerprint density at radius 1 is 1.73 bits per heavy atom. The van der Waals surface area contributed by atoms with Gasteiger partial charge in [0.05, 0.1) is 0 Å². The SMILES string of the molecule is C=C(Cl)c1cccnc1C#N. The van der Waals surface area contributed by atoms with Crippen LogP contribution in [-0.4, -0.2) is 4.98 Å². The van der Waals surface area contributed by atoms with Crippen molar-refractivity contribution in [1.82, 2.24) is 4.98 Å². The fourth-order valence-corrected chi connectivity index (χ4v) is 0.866. The molecule has 0 saturated heterocycles. The number of nitrogens with zero attached hydrogens (tertiary/aromatic N) is 2. The van der Waals surface area contributed by atoms with Crippen molar-refractivity contribution in [3.8, 4) is 6.07 Å². The summed E-state index contributed by atoms with van der Waals surface area (Å²) >= 11 is 5.60. The first-order chi connectivity index (χ1) is 5.25. The topological polar surface area (TPSA) is 36.7 Å². The highest BCUT2D eigenvalue weighted by Crippen LogP contribution is 2.17. The van der Waals surface area contributed by atoms with Crippen LogP contribution in [-0.2, 0) is 0 Å². The molecule has 0 amide bonds. The maximum Gasteiger partial charge on any atom is 0.149 e. The first kappa shape index (κ1) is 7.77. The molecule has 0 aliphatic rings. The Bertz CT molecular complexity index is 325. The van der Waals surface area contributed by atoms with E-state index >= 15 is 0 Å². The highest BCUT2D eigenvalue weighted by molar-refractivity contribution is 6.48. The van der Waals surface area contributed by atoms with Crippen LogP contribution < -0.4 is 0 Å². The first-order valence-electron chi connectivity index (χ1n) is 2.95. The molecule has 2 nitrogen and oxygen atoms in total. The number of hydrogen-bond acceptors (Lipinski definition) is 2. The van der Waals surface area contributed by atoms with Crippen molar-refractivity contribution in [2.45, 2.75) is 0 Å². The zero-order valence-electron chi connectivity index (χ0n) is 5.71. The van der Waals surface area contributed by atoms with Gasteiger partial charge in [-0.15, -0.1) is 0 Å². The molecule has 0 aliphatic heterocycles. The summed E-state index contributed by atoms with van der Waals surface area (Å²) in [7, 11) is 0. The van der Waals surface area contributed by atoms with Gasteiger partial charge in [-0.1, -0.05) is 18.2 Å². The second-order valence-electron chi connectivity index (χ2n) is 1.92. The van der Waals surface area contributed by atoms with Gasteiger partial charge < -0.3 is 0 Å². The number of rotatable bonds is 1. The third kappa shape index (κ3) is 1.57. The predicted molar refractivity (Wildman–Crippen MR) is 43.8 cm³/mol. The molecule has 11 heavy (non-hydrogen) atoms. The van der Waals surface area contributed by atoms with Gasteiger partial charge in [0.1, 0.15) is 11.8 Å². The van der Waals surface area contributed by atoms with E-state index in [-0.39, 0.29) is 0 Å². The molecule has 3 heteroatoms. The summed E-state index contributed by atoms with van der Waals surface area (Å²) in [5.41, 5.74) is 0.907. The van der Waals surface area contributed by atoms with Crippen molar-refractivity contribution in [3.05, 3.63) is 36.2 Å². The van der Waals surface area contributed by atoms with Crippen molar-refractivity contribution in [2.24, 2.45) is 0 Å². The molecule has 1 aromatic rings. The summed E-state index contributed by atoms with van der Waals surface area (Å²) < 4.78 is 0. The standard InChI is InChI=1S/C8H5ClN2/c1-6(9)7-3-2-4-11-8(7)5-10/h2-4H,1H2. The lowest BCUT2D eigenvalue weighted by molar-refractivity contribution is 1.25. The summed E-state index contributed by atoms with van der Waals surface area (Å²) in [6.07, 6.45) is 1.54. The lowest BCUT2D eigenvalue weighted by Gasteiger charge is -1.96. The van der Waals surface area contributed by atoms with E-state index in [1.54, 1.807) is 18.3 Å². The van der Waals surface area contributed by atoms with Crippen molar-refractivity contribution >= 4 is 16.6 Å². The van der Waals surface area contributed by atoms with E-state index in [0.29, 0.717) is 16.3 Å². The molecule has 0 atom stereocenters. The second kappa shape index (κ2) is 3.18. The molecule has 0 saturated carbocycles. The van der Waals surface area contributed by atoms with Gasteiger partial charge in [-0.25, -0.2) is 4.98 Å². The van der Waals surface area contributed by atoms with Gasteiger partial charge in [0.2, 0.25) is 0 Å². The molecule has 1 rings (SSSR count). The van der Waals surface area contributed by atoms with Gasteiger partial charge in [-0.2, -0.15) is 5.26 Å². The molecule has 0 fully saturated rings. The number of nitriles is 1. The van der Waals surface area contributed by atoms with Crippen LogP contribution >= 0.6 is 11.6 Å². The number of pyridine rings is 1. The zero-order chi connectivity index (χ0) is 8.27. The summed E-state index contributed by atoms with van der Waals surface area (Å²) in [5, 5.41) is 8.90. The summed E-state index contributed by atoms with van der Waals surface area (Å²) in [6.45, 7) is 3.51. The van der Waals surface area contributed by atoms with E-state index in [9.17, 15) is 0 Å². The van der Waals surface area contributed by atoms with Crippen LogP contribution in [0.25, 0.3) is 5.03 Å². The smallest absolute Gasteiger partial charge is 0.149 e. The van der Waals surface area contributed by atoms with Crippen LogP contribution in [0.1, 0.15) is 11.3 Å². The van der Waals surface area contributed by atoms with Crippen LogP contribution in [0, 0.1) is 11.3 Å². The first-order valence-corrected chi connectivity index (χ1v) is 3.33. The van der Waals surface area contributed by atoms with E-state index in [1.165, 1.54) is 0 Å². The van der Waals surface area contributed by atoms with Crippen molar-refractivity contribution in [3.63, 3.8) is 0 Å². The molecule has 0 aromatic carbocycles. The fourth-order valence-electron chi connectivity index (χ4n) is 0.713. The number of hydrogen-bond donors (Lipinski definition) is 0. The fraction of sp³-hybridized carbons (Fsp3) is 0. The van der Waals surface area contributed by atoms with Crippen LogP contribution in [0.5, 0.6) is 0 Å². The Labute approximate surface area is 69.8 Å². The quantitative estimate of drug-likeness (QED) is 0.638. The van der Waals surface area contributed by atoms with E-state index in [4.69, 9.17) is 16.9 Å². The Hall–Kier alpha value is -1.33. The minimum absolute atomic E-state index is 0.313. The summed E-state index contributed by atoms with van der Waals surface area (Å²) in [5.74, 6) is 0. The van der Waals surface area contributed by atoms with Crippen molar-refractivity contribution in [1.29, 1.82) is 5.26 Å². The molecule has 0 unspecified atom stereocenters. The van der Waals surface area contributed by atoms with Crippen LogP contribution in [0.3, 0.4) is 0 Å². The molecule has 0 radical (unpaired) electrons. The lowest BCUT2D eigenvalue weighted by atomic mass is 10.2. The monoisotopic (exact) mass is 164 g/mol. The third-order valence-electron chi connectivity index (χ3n) is 1.21. The second-order valence-corrected chi connectivity index (χ2v) is 2.37. The average molecular weight is 165 g/mol. The number of halogens is 1. The van der Waals surface area contributed by atoms with E-state index in [0.717, 1.165) is 0 Å². The van der Waals surface area contributed by atoms with Gasteiger partial charge in [-0.3, -0.25) is 0 Å². The van der Waals surface area contributed by atoms with Gasteiger partial charge in [0.15, 0.2) is 0 Å².